The maximum absolute atomic E-state index is 13.1. The van der Waals surface area contributed by atoms with E-state index in [0.29, 0.717) is 17.5 Å². The number of likely N-dealkylation sites (N-methyl/N-ethyl adjacent to an activating group) is 1. The molecule has 9 heteroatoms. The third kappa shape index (κ3) is 3.97. The highest BCUT2D eigenvalue weighted by atomic mass is 16.6. The van der Waals surface area contributed by atoms with Gasteiger partial charge in [-0.1, -0.05) is 30.3 Å². The molecule has 1 aliphatic rings. The molecular weight excluding hydrogens is 438 g/mol. The van der Waals surface area contributed by atoms with Gasteiger partial charge in [0.25, 0.3) is 17.4 Å². The van der Waals surface area contributed by atoms with Crippen LogP contribution in [0.1, 0.15) is 17.2 Å². The van der Waals surface area contributed by atoms with Crippen molar-refractivity contribution in [2.45, 2.75) is 6.04 Å². The van der Waals surface area contributed by atoms with Crippen molar-refractivity contribution in [2.24, 2.45) is 0 Å². The number of non-ortho nitro benzene ring substituents is 1. The fourth-order valence-electron chi connectivity index (χ4n) is 4.13. The molecule has 1 amide bonds. The van der Waals surface area contributed by atoms with Crippen LogP contribution in [0.3, 0.4) is 0 Å². The number of hydrogen-bond acceptors (Lipinski definition) is 7. The molecule has 34 heavy (non-hydrogen) atoms. The number of Topliss-reactive ketones (excluding diaryl/α,β-unsaturated/α-hetero) is 1. The Bertz CT molecular complexity index is 1330. The number of aliphatic hydroxyl groups excluding tert-OH is 1. The first kappa shape index (κ1) is 22.9. The maximum Gasteiger partial charge on any atom is 0.295 e. The fourth-order valence-corrected chi connectivity index (χ4v) is 4.13. The Morgan fingerprint density at radius 3 is 2.38 bits per heavy atom. The number of ketones is 1. The molecule has 1 atom stereocenters. The molecule has 1 saturated heterocycles. The summed E-state index contributed by atoms with van der Waals surface area (Å²) in [7, 11) is 3.65. The van der Waals surface area contributed by atoms with Gasteiger partial charge in [0.2, 0.25) is 0 Å². The number of phenols is 1. The minimum Gasteiger partial charge on any atom is -0.507 e. The van der Waals surface area contributed by atoms with E-state index in [0.717, 1.165) is 5.39 Å². The van der Waals surface area contributed by atoms with Crippen LogP contribution in [-0.4, -0.2) is 63.8 Å². The standard InChI is InChI=1S/C25H23N3O6/c1-26(2)13-14-27-21(16-7-10-17(11-8-16)28(33)34)20(24(31)25(27)32)23(30)19-12-9-15-5-3-4-6-18(15)22(19)29/h3-12,21,29-30H,13-14H2,1-2H3. The molecule has 0 radical (unpaired) electrons. The third-order valence-corrected chi connectivity index (χ3v) is 5.90. The highest BCUT2D eigenvalue weighted by Crippen LogP contribution is 2.42. The van der Waals surface area contributed by atoms with Crippen molar-refractivity contribution in [2.75, 3.05) is 27.2 Å². The summed E-state index contributed by atoms with van der Waals surface area (Å²) in [6.45, 7) is 0.650. The van der Waals surface area contributed by atoms with Crippen molar-refractivity contribution in [3.05, 3.63) is 87.5 Å². The Kier molecular flexibility index (Phi) is 6.04. The SMILES string of the molecule is CN(C)CCN1C(=O)C(=O)C(=C(O)c2ccc3ccccc3c2O)C1c1ccc([N+](=O)[O-])cc1. The number of carbonyl (C=O) groups is 2. The zero-order chi connectivity index (χ0) is 24.6. The first-order valence-electron chi connectivity index (χ1n) is 10.6. The van der Waals surface area contributed by atoms with Gasteiger partial charge in [0.05, 0.1) is 22.1 Å². The number of phenolic OH excluding ortho intramolecular Hbond substituents is 1. The number of nitro benzene ring substituents is 1. The van der Waals surface area contributed by atoms with Gasteiger partial charge in [-0.3, -0.25) is 19.7 Å². The summed E-state index contributed by atoms with van der Waals surface area (Å²) < 4.78 is 0. The van der Waals surface area contributed by atoms with Gasteiger partial charge < -0.3 is 20.0 Å². The van der Waals surface area contributed by atoms with E-state index in [1.54, 1.807) is 24.3 Å². The second-order valence-corrected chi connectivity index (χ2v) is 8.33. The van der Waals surface area contributed by atoms with E-state index in [2.05, 4.69) is 0 Å². The van der Waals surface area contributed by atoms with Gasteiger partial charge in [0, 0.05) is 30.6 Å². The Labute approximate surface area is 195 Å². The highest BCUT2D eigenvalue weighted by molar-refractivity contribution is 6.46. The van der Waals surface area contributed by atoms with Gasteiger partial charge in [-0.2, -0.15) is 0 Å². The van der Waals surface area contributed by atoms with Crippen molar-refractivity contribution < 1.29 is 24.7 Å². The van der Waals surface area contributed by atoms with Crippen molar-refractivity contribution in [3.63, 3.8) is 0 Å². The number of benzene rings is 3. The van der Waals surface area contributed by atoms with Crippen LogP contribution in [-0.2, 0) is 9.59 Å². The van der Waals surface area contributed by atoms with Gasteiger partial charge in [-0.25, -0.2) is 0 Å². The second kappa shape index (κ2) is 8.95. The smallest absolute Gasteiger partial charge is 0.295 e. The molecule has 9 nitrogen and oxygen atoms in total. The van der Waals surface area contributed by atoms with Gasteiger partial charge in [-0.15, -0.1) is 0 Å². The molecule has 4 rings (SSSR count). The van der Waals surface area contributed by atoms with Crippen molar-refractivity contribution in [1.29, 1.82) is 0 Å². The number of carbonyl (C=O) groups excluding carboxylic acids is 2. The van der Waals surface area contributed by atoms with Crippen LogP contribution in [0.25, 0.3) is 16.5 Å². The number of nitrogens with zero attached hydrogens (tertiary/aromatic N) is 3. The van der Waals surface area contributed by atoms with E-state index >= 15 is 0 Å². The van der Waals surface area contributed by atoms with Crippen LogP contribution in [0, 0.1) is 10.1 Å². The minimum atomic E-state index is -0.966. The van der Waals surface area contributed by atoms with Crippen LogP contribution in [0.2, 0.25) is 0 Å². The summed E-state index contributed by atoms with van der Waals surface area (Å²) in [6.07, 6.45) is 0. The third-order valence-electron chi connectivity index (χ3n) is 5.90. The van der Waals surface area contributed by atoms with E-state index < -0.39 is 28.4 Å². The van der Waals surface area contributed by atoms with E-state index in [4.69, 9.17) is 0 Å². The van der Waals surface area contributed by atoms with Crippen LogP contribution in [0.5, 0.6) is 5.75 Å². The Morgan fingerprint density at radius 1 is 1.06 bits per heavy atom. The zero-order valence-electron chi connectivity index (χ0n) is 18.6. The van der Waals surface area contributed by atoms with Crippen LogP contribution >= 0.6 is 0 Å². The second-order valence-electron chi connectivity index (χ2n) is 8.33. The van der Waals surface area contributed by atoms with E-state index in [-0.39, 0.29) is 29.1 Å². The number of hydrogen-bond donors (Lipinski definition) is 2. The van der Waals surface area contributed by atoms with E-state index in [1.165, 1.54) is 35.2 Å². The average Bonchev–Trinajstić information content (AvgIpc) is 3.07. The number of rotatable bonds is 6. The predicted molar refractivity (Wildman–Crippen MR) is 126 cm³/mol. The molecule has 0 bridgehead atoms. The lowest BCUT2D eigenvalue weighted by Gasteiger charge is -2.26. The highest BCUT2D eigenvalue weighted by Gasteiger charge is 2.46. The maximum atomic E-state index is 13.1. The summed E-state index contributed by atoms with van der Waals surface area (Å²) in [4.78, 5) is 39.8. The van der Waals surface area contributed by atoms with Crippen LogP contribution < -0.4 is 0 Å². The Morgan fingerprint density at radius 2 is 1.74 bits per heavy atom. The largest absolute Gasteiger partial charge is 0.507 e. The lowest BCUT2D eigenvalue weighted by Crippen LogP contribution is -2.35. The molecule has 3 aromatic carbocycles. The summed E-state index contributed by atoms with van der Waals surface area (Å²) in [5.74, 6) is -2.38. The molecule has 0 aromatic heterocycles. The fraction of sp³-hybridized carbons (Fsp3) is 0.200. The van der Waals surface area contributed by atoms with Gasteiger partial charge in [0.15, 0.2) is 0 Å². The molecule has 0 spiro atoms. The summed E-state index contributed by atoms with van der Waals surface area (Å²) in [5.41, 5.74) is 0.144. The number of nitro groups is 1. The minimum absolute atomic E-state index is 0.0243. The number of likely N-dealkylation sites (tertiary alicyclic amines) is 1. The van der Waals surface area contributed by atoms with Crippen LogP contribution in [0.4, 0.5) is 5.69 Å². The predicted octanol–water partition coefficient (Wildman–Crippen LogP) is 3.44. The summed E-state index contributed by atoms with van der Waals surface area (Å²) in [5, 5.41) is 34.4. The van der Waals surface area contributed by atoms with Crippen molar-refractivity contribution >= 4 is 33.9 Å². The average molecular weight is 461 g/mol. The molecule has 1 aliphatic heterocycles. The molecule has 1 heterocycles. The summed E-state index contributed by atoms with van der Waals surface area (Å²) >= 11 is 0. The molecule has 0 aliphatic carbocycles. The van der Waals surface area contributed by atoms with Crippen LogP contribution in [0.15, 0.2) is 66.2 Å². The zero-order valence-corrected chi connectivity index (χ0v) is 18.6. The van der Waals surface area contributed by atoms with Gasteiger partial charge >= 0.3 is 0 Å². The normalized spacial score (nSPS) is 17.6. The topological polar surface area (TPSA) is 124 Å². The summed E-state index contributed by atoms with van der Waals surface area (Å²) in [6, 6.07) is 14.8. The first-order valence-corrected chi connectivity index (χ1v) is 10.6. The van der Waals surface area contributed by atoms with Gasteiger partial charge in [0.1, 0.15) is 11.5 Å². The molecule has 3 aromatic rings. The number of aliphatic hydroxyl groups is 1. The first-order chi connectivity index (χ1) is 16.2. The quantitative estimate of drug-likeness (QED) is 0.189. The lowest BCUT2D eigenvalue weighted by atomic mass is 9.94. The Hall–Kier alpha value is -4.24. The lowest BCUT2D eigenvalue weighted by molar-refractivity contribution is -0.384. The molecule has 0 saturated carbocycles. The Balaban J connectivity index is 1.89. The molecule has 2 N–H and O–H groups in total. The molecule has 174 valence electrons. The van der Waals surface area contributed by atoms with Crippen molar-refractivity contribution in [1.82, 2.24) is 9.80 Å². The van der Waals surface area contributed by atoms with Crippen molar-refractivity contribution in [3.8, 4) is 5.75 Å². The number of aromatic hydroxyl groups is 1. The van der Waals surface area contributed by atoms with Gasteiger partial charge in [-0.05, 0) is 43.2 Å². The number of amides is 1. The molecular formula is C25H23N3O6. The monoisotopic (exact) mass is 461 g/mol. The molecule has 1 unspecified atom stereocenters. The molecule has 1 fully saturated rings. The van der Waals surface area contributed by atoms with E-state index in [9.17, 15) is 29.9 Å². The number of fused-ring (bicyclic) bond motifs is 1. The van der Waals surface area contributed by atoms with E-state index in [1.807, 2.05) is 25.1 Å².